The van der Waals surface area contributed by atoms with Crippen molar-refractivity contribution in [2.75, 3.05) is 0 Å². The molecule has 0 aliphatic heterocycles. The minimum Gasteiger partial charge on any atom is -0.309 e. The maximum Gasteiger partial charge on any atom is 0.0547 e. The number of fused-ring (bicyclic) bond motifs is 20. The van der Waals surface area contributed by atoms with E-state index in [9.17, 15) is 0 Å². The fourth-order valence-corrected chi connectivity index (χ4v) is 20.5. The molecule has 2 nitrogen and oxygen atoms in total. The summed E-state index contributed by atoms with van der Waals surface area (Å²) in [6, 6.07) is 145. The Morgan fingerprint density at radius 2 is 0.553 bits per heavy atom. The van der Waals surface area contributed by atoms with Gasteiger partial charge in [0.15, 0.2) is 0 Å². The van der Waals surface area contributed by atoms with Crippen LogP contribution in [0.2, 0.25) is 0 Å². The first-order valence-electron chi connectivity index (χ1n) is 40.2. The van der Waals surface area contributed by atoms with Crippen molar-refractivity contribution >= 4 is 65.2 Å². The standard InChI is InChI=1S/2C56H39N/c1-56(2)51-22-11-10-20-44(51)48-34-54-50(33-52(48)56)49-32-40(26-28-53(49)57(54)42-18-12-17-38(30-42)35-13-4-3-5-14-35)39-25-27-46-47(31-39)43-19-8-9-21-45(43)55(46)41-24-23-36-15-6-7-16-37(36)29-41;1-56(2)51-22-11-10-20-44(51)48-33-50-49-32-40(26-28-53(49)57(54(50)34-52(48)56)42-18-12-17-38(30-42)35-13-4-3-5-14-35)39-25-27-46-47(31-39)43-19-8-9-21-45(43)55(46)41-24-23-36-15-6-7-16-37(36)29-41/h2*3-34,55H,1-2H3. The zero-order chi connectivity index (χ0) is 75.7. The Morgan fingerprint density at radius 3 is 1.05 bits per heavy atom. The number of aromatic nitrogens is 2. The van der Waals surface area contributed by atoms with E-state index >= 15 is 0 Å². The second-order valence-electron chi connectivity index (χ2n) is 33.0. The Hall–Kier alpha value is -13.9. The van der Waals surface area contributed by atoms with E-state index in [2.05, 4.69) is 425 Å². The minimum absolute atomic E-state index is 0.0890. The Kier molecular flexibility index (Phi) is 14.6. The second-order valence-corrected chi connectivity index (χ2v) is 33.0. The Bertz CT molecular complexity index is 7420. The molecule has 4 aliphatic rings. The smallest absolute Gasteiger partial charge is 0.0547 e. The molecule has 20 aromatic rings. The maximum atomic E-state index is 2.50. The van der Waals surface area contributed by atoms with E-state index < -0.39 is 0 Å². The number of benzene rings is 18. The average Bonchev–Trinajstić information content (AvgIpc) is 1.55. The zero-order valence-corrected chi connectivity index (χ0v) is 64.0. The second kappa shape index (κ2) is 25.3. The van der Waals surface area contributed by atoms with Crippen molar-refractivity contribution in [3.8, 4) is 100 Å². The van der Waals surface area contributed by atoms with Crippen molar-refractivity contribution in [2.45, 2.75) is 50.4 Å². The van der Waals surface area contributed by atoms with E-state index in [1.807, 2.05) is 0 Å². The van der Waals surface area contributed by atoms with E-state index in [1.165, 1.54) is 221 Å². The van der Waals surface area contributed by atoms with Crippen molar-refractivity contribution in [1.29, 1.82) is 0 Å². The van der Waals surface area contributed by atoms with Gasteiger partial charge >= 0.3 is 0 Å². The molecule has 24 rings (SSSR count). The third-order valence-electron chi connectivity index (χ3n) is 26.1. The molecule has 114 heavy (non-hydrogen) atoms. The summed E-state index contributed by atoms with van der Waals surface area (Å²) in [6.45, 7) is 9.51. The molecule has 0 radical (unpaired) electrons. The summed E-state index contributed by atoms with van der Waals surface area (Å²) >= 11 is 0. The van der Waals surface area contributed by atoms with Crippen LogP contribution in [-0.4, -0.2) is 9.13 Å². The summed E-state index contributed by atoms with van der Waals surface area (Å²) < 4.78 is 4.98. The van der Waals surface area contributed by atoms with Crippen LogP contribution in [0.5, 0.6) is 0 Å². The fourth-order valence-electron chi connectivity index (χ4n) is 20.5. The Labute approximate surface area is 664 Å². The van der Waals surface area contributed by atoms with Crippen LogP contribution < -0.4 is 0 Å². The lowest BCUT2D eigenvalue weighted by Crippen LogP contribution is -2.14. The van der Waals surface area contributed by atoms with Crippen LogP contribution in [0.1, 0.15) is 95.2 Å². The number of hydrogen-bond donors (Lipinski definition) is 0. The fraction of sp³-hybridized carbons (Fsp3) is 0.0714. The van der Waals surface area contributed by atoms with Gasteiger partial charge in [0, 0.05) is 55.6 Å². The lowest BCUT2D eigenvalue weighted by atomic mass is 9.82. The number of hydrogen-bond acceptors (Lipinski definition) is 0. The molecular weight excluding hydrogens is 1370 g/mol. The SMILES string of the molecule is CC1(C)c2ccccc2-c2cc3c(cc21)c1cc(-c2ccc4c(c2)-c2ccccc2C4c2ccc4ccccc4c2)ccc1n3-c1cccc(-c2ccccc2)c1.CC1(C)c2ccccc2-c2cc3c4cc(-c5ccc6c(c5)-c5ccccc5C6c5ccc6ccccc6c5)ccc4n(-c4cccc(-c5ccccc5)c4)c3cc21. The van der Waals surface area contributed by atoms with Gasteiger partial charge in [0.05, 0.1) is 22.1 Å². The van der Waals surface area contributed by atoms with Crippen molar-refractivity contribution in [3.05, 3.63) is 444 Å². The monoisotopic (exact) mass is 1450 g/mol. The summed E-state index contributed by atoms with van der Waals surface area (Å²) in [5.41, 5.74) is 41.4. The summed E-state index contributed by atoms with van der Waals surface area (Å²) in [6.07, 6.45) is 0. The van der Waals surface area contributed by atoms with Crippen molar-refractivity contribution in [1.82, 2.24) is 9.13 Å². The van der Waals surface area contributed by atoms with Crippen molar-refractivity contribution in [3.63, 3.8) is 0 Å². The third-order valence-corrected chi connectivity index (χ3v) is 26.1. The van der Waals surface area contributed by atoms with Gasteiger partial charge in [-0.2, -0.15) is 0 Å². The molecule has 4 aliphatic carbocycles. The lowest BCUT2D eigenvalue weighted by molar-refractivity contribution is 0.661. The molecule has 0 bridgehead atoms. The van der Waals surface area contributed by atoms with E-state index in [1.54, 1.807) is 0 Å². The molecule has 0 fully saturated rings. The summed E-state index contributed by atoms with van der Waals surface area (Å²) in [5, 5.41) is 10.3. The molecule has 2 unspecified atom stereocenters. The first kappa shape index (κ1) is 65.9. The van der Waals surface area contributed by atoms with Gasteiger partial charge in [-0.1, -0.05) is 331 Å². The van der Waals surface area contributed by atoms with Gasteiger partial charge in [-0.15, -0.1) is 0 Å². The van der Waals surface area contributed by atoms with Gasteiger partial charge in [-0.25, -0.2) is 0 Å². The lowest BCUT2D eigenvalue weighted by Gasteiger charge is -2.21. The van der Waals surface area contributed by atoms with Gasteiger partial charge in [-0.3, -0.25) is 0 Å². The van der Waals surface area contributed by atoms with Crippen LogP contribution in [-0.2, 0) is 10.8 Å². The predicted octanol–water partition coefficient (Wildman–Crippen LogP) is 29.5. The average molecular weight is 1450 g/mol. The topological polar surface area (TPSA) is 9.86 Å². The van der Waals surface area contributed by atoms with E-state index in [4.69, 9.17) is 0 Å². The highest BCUT2D eigenvalue weighted by Crippen LogP contribution is 2.56. The normalized spacial score (nSPS) is 14.8. The van der Waals surface area contributed by atoms with Gasteiger partial charge in [0.2, 0.25) is 0 Å². The van der Waals surface area contributed by atoms with Gasteiger partial charge in [0.1, 0.15) is 0 Å². The molecule has 0 saturated heterocycles. The molecule has 2 heteroatoms. The zero-order valence-electron chi connectivity index (χ0n) is 64.0. The summed E-state index contributed by atoms with van der Waals surface area (Å²) in [7, 11) is 0. The molecule has 0 spiro atoms. The van der Waals surface area contributed by atoms with Gasteiger partial charge < -0.3 is 9.13 Å². The minimum atomic E-state index is -0.0934. The highest BCUT2D eigenvalue weighted by atomic mass is 15.0. The number of rotatable bonds is 8. The maximum absolute atomic E-state index is 2.50. The molecule has 2 heterocycles. The Morgan fingerprint density at radius 1 is 0.193 bits per heavy atom. The first-order valence-corrected chi connectivity index (χ1v) is 40.2. The highest BCUT2D eigenvalue weighted by molar-refractivity contribution is 6.15. The molecule has 536 valence electrons. The quantitative estimate of drug-likeness (QED) is 0.143. The van der Waals surface area contributed by atoms with Crippen LogP contribution in [0.25, 0.3) is 166 Å². The molecular formula is C112H78N2. The van der Waals surface area contributed by atoms with Gasteiger partial charge in [-0.05, 0) is 251 Å². The van der Waals surface area contributed by atoms with E-state index in [0.29, 0.717) is 0 Å². The molecule has 0 N–H and O–H groups in total. The van der Waals surface area contributed by atoms with Crippen LogP contribution >= 0.6 is 0 Å². The first-order chi connectivity index (χ1) is 56.0. The molecule has 0 amide bonds. The summed E-state index contributed by atoms with van der Waals surface area (Å²) in [4.78, 5) is 0. The molecule has 0 saturated carbocycles. The van der Waals surface area contributed by atoms with Crippen molar-refractivity contribution in [2.24, 2.45) is 0 Å². The Balaban J connectivity index is 0.000000135. The van der Waals surface area contributed by atoms with Crippen LogP contribution in [0.3, 0.4) is 0 Å². The molecule has 2 atom stereocenters. The largest absolute Gasteiger partial charge is 0.309 e. The van der Waals surface area contributed by atoms with E-state index in [0.717, 1.165) is 0 Å². The van der Waals surface area contributed by atoms with E-state index in [-0.39, 0.29) is 22.7 Å². The third kappa shape index (κ3) is 10.1. The van der Waals surface area contributed by atoms with Gasteiger partial charge in [0.25, 0.3) is 0 Å². The van der Waals surface area contributed by atoms with Crippen LogP contribution in [0.15, 0.2) is 388 Å². The van der Waals surface area contributed by atoms with Crippen LogP contribution in [0.4, 0.5) is 0 Å². The van der Waals surface area contributed by atoms with Crippen LogP contribution in [0, 0.1) is 0 Å². The molecule has 18 aromatic carbocycles. The van der Waals surface area contributed by atoms with Crippen molar-refractivity contribution < 1.29 is 0 Å². The summed E-state index contributed by atoms with van der Waals surface area (Å²) in [5.74, 6) is 0.410. The number of nitrogens with zero attached hydrogens (tertiary/aromatic N) is 2. The highest BCUT2D eigenvalue weighted by Gasteiger charge is 2.39. The molecule has 2 aromatic heterocycles. The predicted molar refractivity (Wildman–Crippen MR) is 479 cm³/mol.